The van der Waals surface area contributed by atoms with Crippen LogP contribution < -0.4 is 16.0 Å². The summed E-state index contributed by atoms with van der Waals surface area (Å²) in [6.07, 6.45) is 13.3. The second-order valence-corrected chi connectivity index (χ2v) is 8.11. The van der Waals surface area contributed by atoms with E-state index < -0.39 is 0 Å². The summed E-state index contributed by atoms with van der Waals surface area (Å²) in [6.45, 7) is 11.2. The molecule has 0 aromatic heterocycles. The van der Waals surface area contributed by atoms with Crippen LogP contribution in [0.2, 0.25) is 0 Å². The average molecular weight is 381 g/mol. The fourth-order valence-electron chi connectivity index (χ4n) is 3.81. The van der Waals surface area contributed by atoms with Gasteiger partial charge in [0.05, 0.1) is 12.5 Å². The van der Waals surface area contributed by atoms with Gasteiger partial charge in [0.25, 0.3) is 0 Å². The molecule has 1 fully saturated rings. The quantitative estimate of drug-likeness (QED) is 0.505. The normalized spacial score (nSPS) is 23.7. The maximum Gasteiger partial charge on any atom is 0.225 e. The highest BCUT2D eigenvalue weighted by Crippen LogP contribution is 2.14. The summed E-state index contributed by atoms with van der Waals surface area (Å²) in [5, 5.41) is 9.75. The van der Waals surface area contributed by atoms with Crippen LogP contribution >= 0.6 is 0 Å². The van der Waals surface area contributed by atoms with Crippen molar-refractivity contribution < 1.29 is 4.79 Å². The summed E-state index contributed by atoms with van der Waals surface area (Å²) < 4.78 is 0. The van der Waals surface area contributed by atoms with Gasteiger partial charge < -0.3 is 16.0 Å². The molecule has 3 unspecified atom stereocenters. The van der Waals surface area contributed by atoms with Crippen molar-refractivity contribution in [1.29, 1.82) is 0 Å². The van der Waals surface area contributed by atoms with Crippen molar-refractivity contribution in [2.24, 2.45) is 4.99 Å². The number of amides is 1. The third kappa shape index (κ3) is 11.5. The first-order valence-electron chi connectivity index (χ1n) is 11.3. The van der Waals surface area contributed by atoms with Crippen LogP contribution in [0.1, 0.15) is 91.9 Å². The zero-order valence-electron chi connectivity index (χ0n) is 18.3. The van der Waals surface area contributed by atoms with Gasteiger partial charge in [-0.2, -0.15) is 0 Å². The van der Waals surface area contributed by atoms with E-state index in [0.717, 1.165) is 18.3 Å². The molecule has 2 heterocycles. The van der Waals surface area contributed by atoms with E-state index in [1.807, 2.05) is 6.92 Å². The van der Waals surface area contributed by atoms with Gasteiger partial charge in [-0.15, -0.1) is 0 Å². The third-order valence-electron chi connectivity index (χ3n) is 5.48. The van der Waals surface area contributed by atoms with Crippen molar-refractivity contribution in [2.45, 2.75) is 110 Å². The predicted molar refractivity (Wildman–Crippen MR) is 117 cm³/mol. The molecule has 3 atom stereocenters. The number of carbonyl (C=O) groups is 1. The van der Waals surface area contributed by atoms with E-state index in [1.165, 1.54) is 64.3 Å². The molecule has 0 spiro atoms. The van der Waals surface area contributed by atoms with E-state index >= 15 is 0 Å². The molecule has 5 nitrogen and oxygen atoms in total. The summed E-state index contributed by atoms with van der Waals surface area (Å²) >= 11 is 0. The lowest BCUT2D eigenvalue weighted by atomic mass is 10.0. The van der Waals surface area contributed by atoms with Crippen LogP contribution in [0.4, 0.5) is 0 Å². The number of rotatable bonds is 10. The molecule has 158 valence electrons. The Hall–Kier alpha value is -0.940. The van der Waals surface area contributed by atoms with Crippen LogP contribution in [-0.4, -0.2) is 49.4 Å². The molecule has 0 radical (unpaired) electrons. The Labute approximate surface area is 167 Å². The molecule has 0 bridgehead atoms. The monoisotopic (exact) mass is 380 g/mol. The number of nitrogens with zero attached hydrogens (tertiary/aromatic N) is 1. The molecule has 27 heavy (non-hydrogen) atoms. The van der Waals surface area contributed by atoms with E-state index in [0.29, 0.717) is 19.0 Å². The zero-order chi connectivity index (χ0) is 19.9. The first-order valence-corrected chi connectivity index (χ1v) is 11.3. The lowest BCUT2D eigenvalue weighted by Crippen LogP contribution is -2.42. The Morgan fingerprint density at radius 2 is 1.93 bits per heavy atom. The Morgan fingerprint density at radius 1 is 1.19 bits per heavy atom. The summed E-state index contributed by atoms with van der Waals surface area (Å²) in [4.78, 5) is 15.7. The number of hydrogen-bond donors (Lipinski definition) is 3. The topological polar surface area (TPSA) is 65.5 Å². The number of likely N-dealkylation sites (N-methyl/N-ethyl adjacent to an activating group) is 1. The van der Waals surface area contributed by atoms with Crippen LogP contribution in [0, 0.1) is 0 Å². The standard InChI is InChI=1S/C12H25N.C10H19N3O/c1-2-3-4-5-6-7-9-12-10-8-11-13-12;1-4-11-8(3)9-6-12-10(14)5-7(2)13-9/h12-13H,2-11H2,1H3;8-9,11H,4-6H2,1-3H3,(H,12,14). The number of carbonyl (C=O) groups excluding carboxylic acids is 1. The smallest absolute Gasteiger partial charge is 0.225 e. The molecule has 1 saturated heterocycles. The van der Waals surface area contributed by atoms with Crippen molar-refractivity contribution in [1.82, 2.24) is 16.0 Å². The summed E-state index contributed by atoms with van der Waals surface area (Å²) in [5.41, 5.74) is 0.926. The molecule has 2 rings (SSSR count). The first-order chi connectivity index (χ1) is 13.1. The van der Waals surface area contributed by atoms with Crippen LogP contribution in [-0.2, 0) is 4.79 Å². The van der Waals surface area contributed by atoms with E-state index in [-0.39, 0.29) is 11.9 Å². The Bertz CT molecular complexity index is 419. The van der Waals surface area contributed by atoms with Gasteiger partial charge in [0.2, 0.25) is 5.91 Å². The molecule has 3 N–H and O–H groups in total. The van der Waals surface area contributed by atoms with Crippen LogP contribution in [0.3, 0.4) is 0 Å². The van der Waals surface area contributed by atoms with E-state index in [4.69, 9.17) is 0 Å². The number of aliphatic imine (C=N–C) groups is 1. The van der Waals surface area contributed by atoms with Crippen molar-refractivity contribution in [3.8, 4) is 0 Å². The molecule has 0 aromatic rings. The van der Waals surface area contributed by atoms with Gasteiger partial charge in [0, 0.05) is 24.3 Å². The Kier molecular flexibility index (Phi) is 13.4. The van der Waals surface area contributed by atoms with E-state index in [9.17, 15) is 4.79 Å². The molecule has 5 heteroatoms. The third-order valence-corrected chi connectivity index (χ3v) is 5.48. The predicted octanol–water partition coefficient (Wildman–Crippen LogP) is 3.82. The summed E-state index contributed by atoms with van der Waals surface area (Å²) in [5.74, 6) is 0.0810. The second-order valence-electron chi connectivity index (χ2n) is 8.11. The first kappa shape index (κ1) is 24.1. The van der Waals surface area contributed by atoms with Gasteiger partial charge in [0.1, 0.15) is 0 Å². The van der Waals surface area contributed by atoms with Crippen molar-refractivity contribution in [2.75, 3.05) is 19.6 Å². The zero-order valence-corrected chi connectivity index (χ0v) is 18.3. The van der Waals surface area contributed by atoms with E-state index in [2.05, 4.69) is 41.7 Å². The van der Waals surface area contributed by atoms with Crippen molar-refractivity contribution in [3.63, 3.8) is 0 Å². The highest BCUT2D eigenvalue weighted by molar-refractivity contribution is 6.00. The maximum atomic E-state index is 11.2. The maximum absolute atomic E-state index is 11.2. The SMILES string of the molecule is CCCCCCCCC1CCCN1.CCNC(C)C1CNC(=O)CC(C)=N1. The molecule has 0 saturated carbocycles. The van der Waals surface area contributed by atoms with Crippen molar-refractivity contribution in [3.05, 3.63) is 0 Å². The van der Waals surface area contributed by atoms with Gasteiger partial charge in [-0.05, 0) is 46.2 Å². The molecular weight excluding hydrogens is 336 g/mol. The summed E-state index contributed by atoms with van der Waals surface area (Å²) in [7, 11) is 0. The Balaban J connectivity index is 0.000000271. The fraction of sp³-hybridized carbons (Fsp3) is 0.909. The van der Waals surface area contributed by atoms with Crippen molar-refractivity contribution >= 4 is 11.6 Å². The van der Waals surface area contributed by atoms with Gasteiger partial charge in [-0.3, -0.25) is 9.79 Å². The second kappa shape index (κ2) is 15.0. The highest BCUT2D eigenvalue weighted by Gasteiger charge is 2.20. The largest absolute Gasteiger partial charge is 0.354 e. The minimum atomic E-state index is 0.0810. The van der Waals surface area contributed by atoms with Crippen LogP contribution in [0.15, 0.2) is 4.99 Å². The number of unbranched alkanes of at least 4 members (excludes halogenated alkanes) is 5. The molecular formula is C22H44N4O. The average Bonchev–Trinajstić information content (AvgIpc) is 3.09. The minimum Gasteiger partial charge on any atom is -0.354 e. The lowest BCUT2D eigenvalue weighted by molar-refractivity contribution is -0.119. The van der Waals surface area contributed by atoms with Crippen LogP contribution in [0.25, 0.3) is 0 Å². The van der Waals surface area contributed by atoms with Gasteiger partial charge >= 0.3 is 0 Å². The summed E-state index contributed by atoms with van der Waals surface area (Å²) in [6, 6.07) is 1.35. The van der Waals surface area contributed by atoms with E-state index in [1.54, 1.807) is 0 Å². The molecule has 1 amide bonds. The molecule has 0 aliphatic carbocycles. The van der Waals surface area contributed by atoms with Gasteiger partial charge in [-0.25, -0.2) is 0 Å². The molecule has 0 aromatic carbocycles. The molecule has 2 aliphatic rings. The molecule has 2 aliphatic heterocycles. The fourth-order valence-corrected chi connectivity index (χ4v) is 3.81. The minimum absolute atomic E-state index is 0.0810. The van der Waals surface area contributed by atoms with Gasteiger partial charge in [0.15, 0.2) is 0 Å². The number of hydrogen-bond acceptors (Lipinski definition) is 4. The highest BCUT2D eigenvalue weighted by atomic mass is 16.1. The van der Waals surface area contributed by atoms with Crippen LogP contribution in [0.5, 0.6) is 0 Å². The lowest BCUT2D eigenvalue weighted by Gasteiger charge is -2.20. The number of nitrogens with one attached hydrogen (secondary N) is 3. The van der Waals surface area contributed by atoms with Gasteiger partial charge in [-0.1, -0.05) is 52.4 Å². The Morgan fingerprint density at radius 3 is 2.59 bits per heavy atom.